The van der Waals surface area contributed by atoms with Crippen molar-refractivity contribution in [3.63, 3.8) is 0 Å². The highest BCUT2D eigenvalue weighted by Gasteiger charge is 2.32. The molecule has 1 fully saturated rings. The summed E-state index contributed by atoms with van der Waals surface area (Å²) in [6.07, 6.45) is 6.38. The number of likely N-dealkylation sites (tertiary alicyclic amines) is 1. The molecule has 1 N–H and O–H groups in total. The number of aryl methyl sites for hydroxylation is 1. The van der Waals surface area contributed by atoms with Gasteiger partial charge in [0.2, 0.25) is 0 Å². The molecule has 1 aromatic heterocycles. The van der Waals surface area contributed by atoms with Gasteiger partial charge in [0, 0.05) is 38.1 Å². The fourth-order valence-corrected chi connectivity index (χ4v) is 3.01. The molecule has 0 spiro atoms. The Hall–Kier alpha value is -0.870. The van der Waals surface area contributed by atoms with E-state index in [9.17, 15) is 0 Å². The van der Waals surface area contributed by atoms with E-state index in [2.05, 4.69) is 47.6 Å². The molecule has 0 bridgehead atoms. The Balaban J connectivity index is 1.93. The Kier molecular flexibility index (Phi) is 4.99. The number of hydrogen-bond acceptors (Lipinski definition) is 3. The normalized spacial score (nSPS) is 28.7. The first-order chi connectivity index (χ1) is 9.13. The zero-order valence-electron chi connectivity index (χ0n) is 12.8. The molecule has 4 nitrogen and oxygen atoms in total. The molecule has 1 aromatic rings. The summed E-state index contributed by atoms with van der Waals surface area (Å²) in [5.41, 5.74) is 0. The molecule has 3 unspecified atom stereocenters. The van der Waals surface area contributed by atoms with Gasteiger partial charge in [-0.2, -0.15) is 0 Å². The van der Waals surface area contributed by atoms with E-state index >= 15 is 0 Å². The van der Waals surface area contributed by atoms with Gasteiger partial charge in [-0.3, -0.25) is 4.90 Å². The van der Waals surface area contributed by atoms with Gasteiger partial charge in [0.05, 0.1) is 6.54 Å². The summed E-state index contributed by atoms with van der Waals surface area (Å²) in [5, 5.41) is 3.69. The van der Waals surface area contributed by atoms with Gasteiger partial charge in [0.1, 0.15) is 5.82 Å². The largest absolute Gasteiger partial charge is 0.337 e. The van der Waals surface area contributed by atoms with Crippen LogP contribution in [0.15, 0.2) is 12.4 Å². The second-order valence-electron chi connectivity index (χ2n) is 5.87. The Morgan fingerprint density at radius 3 is 2.84 bits per heavy atom. The van der Waals surface area contributed by atoms with E-state index in [0.717, 1.165) is 13.1 Å². The fraction of sp³-hybridized carbons (Fsp3) is 0.800. The molecular weight excluding hydrogens is 236 g/mol. The first kappa shape index (κ1) is 14.5. The molecule has 0 radical (unpaired) electrons. The standard InChI is InChI=1S/C15H28N4/c1-5-7-16-14-6-9-19(13(3)12(14)2)11-15-17-8-10-18(15)4/h8,10,12-14,16H,5-7,9,11H2,1-4H3. The number of piperidine rings is 1. The van der Waals surface area contributed by atoms with Crippen LogP contribution in [0.25, 0.3) is 0 Å². The smallest absolute Gasteiger partial charge is 0.122 e. The average molecular weight is 264 g/mol. The van der Waals surface area contributed by atoms with Crippen LogP contribution in [0.2, 0.25) is 0 Å². The molecule has 0 saturated carbocycles. The zero-order valence-corrected chi connectivity index (χ0v) is 12.8. The maximum atomic E-state index is 4.44. The van der Waals surface area contributed by atoms with Crippen LogP contribution >= 0.6 is 0 Å². The first-order valence-corrected chi connectivity index (χ1v) is 7.57. The lowest BCUT2D eigenvalue weighted by Gasteiger charge is -2.43. The van der Waals surface area contributed by atoms with Crippen molar-refractivity contribution in [3.8, 4) is 0 Å². The molecule has 1 aliphatic heterocycles. The minimum absolute atomic E-state index is 0.611. The Morgan fingerprint density at radius 2 is 2.21 bits per heavy atom. The molecule has 3 atom stereocenters. The highest BCUT2D eigenvalue weighted by molar-refractivity contribution is 4.95. The van der Waals surface area contributed by atoms with Crippen LogP contribution in [-0.4, -0.2) is 39.6 Å². The van der Waals surface area contributed by atoms with Crippen molar-refractivity contribution in [1.29, 1.82) is 0 Å². The Bertz CT molecular complexity index is 387. The maximum Gasteiger partial charge on any atom is 0.122 e. The number of rotatable bonds is 5. The summed E-state index contributed by atoms with van der Waals surface area (Å²) in [4.78, 5) is 7.01. The Labute approximate surface area is 117 Å². The quantitative estimate of drug-likeness (QED) is 0.883. The molecule has 108 valence electrons. The van der Waals surface area contributed by atoms with E-state index in [-0.39, 0.29) is 0 Å². The number of aromatic nitrogens is 2. The van der Waals surface area contributed by atoms with Crippen LogP contribution in [0, 0.1) is 5.92 Å². The SMILES string of the molecule is CCCNC1CCN(Cc2nccn2C)C(C)C1C. The van der Waals surface area contributed by atoms with Crippen molar-refractivity contribution >= 4 is 0 Å². The number of nitrogens with one attached hydrogen (secondary N) is 1. The van der Waals surface area contributed by atoms with E-state index in [1.165, 1.54) is 25.2 Å². The number of nitrogens with zero attached hydrogens (tertiary/aromatic N) is 3. The molecule has 4 heteroatoms. The molecular formula is C15H28N4. The molecule has 2 heterocycles. The van der Waals surface area contributed by atoms with Crippen molar-refractivity contribution in [2.75, 3.05) is 13.1 Å². The summed E-state index contributed by atoms with van der Waals surface area (Å²) in [6, 6.07) is 1.28. The van der Waals surface area contributed by atoms with Crippen molar-refractivity contribution in [1.82, 2.24) is 19.8 Å². The summed E-state index contributed by atoms with van der Waals surface area (Å²) < 4.78 is 2.12. The van der Waals surface area contributed by atoms with E-state index in [0.29, 0.717) is 18.0 Å². The highest BCUT2D eigenvalue weighted by atomic mass is 15.2. The van der Waals surface area contributed by atoms with E-state index in [1.54, 1.807) is 0 Å². The molecule has 2 rings (SSSR count). The van der Waals surface area contributed by atoms with E-state index < -0.39 is 0 Å². The predicted octanol–water partition coefficient (Wildman–Crippen LogP) is 2.02. The fourth-order valence-electron chi connectivity index (χ4n) is 3.01. The Morgan fingerprint density at radius 1 is 1.42 bits per heavy atom. The lowest BCUT2D eigenvalue weighted by Crippen LogP contribution is -2.53. The van der Waals surface area contributed by atoms with Crippen LogP contribution in [0.3, 0.4) is 0 Å². The minimum Gasteiger partial charge on any atom is -0.337 e. The summed E-state index contributed by atoms with van der Waals surface area (Å²) in [6.45, 7) is 10.2. The van der Waals surface area contributed by atoms with Crippen molar-refractivity contribution in [2.24, 2.45) is 13.0 Å². The molecule has 0 aromatic carbocycles. The molecule has 0 aliphatic carbocycles. The molecule has 1 aliphatic rings. The predicted molar refractivity (Wildman–Crippen MR) is 78.9 cm³/mol. The first-order valence-electron chi connectivity index (χ1n) is 7.57. The molecule has 0 amide bonds. The lowest BCUT2D eigenvalue weighted by atomic mass is 9.87. The van der Waals surface area contributed by atoms with Gasteiger partial charge in [-0.15, -0.1) is 0 Å². The highest BCUT2D eigenvalue weighted by Crippen LogP contribution is 2.24. The number of hydrogen-bond donors (Lipinski definition) is 1. The van der Waals surface area contributed by atoms with Gasteiger partial charge < -0.3 is 9.88 Å². The average Bonchev–Trinajstić information content (AvgIpc) is 2.80. The van der Waals surface area contributed by atoms with Crippen LogP contribution in [-0.2, 0) is 13.6 Å². The molecule has 19 heavy (non-hydrogen) atoms. The number of imidazole rings is 1. The van der Waals surface area contributed by atoms with E-state index in [4.69, 9.17) is 0 Å². The van der Waals surface area contributed by atoms with Crippen molar-refractivity contribution < 1.29 is 0 Å². The zero-order chi connectivity index (χ0) is 13.8. The monoisotopic (exact) mass is 264 g/mol. The van der Waals surface area contributed by atoms with Gasteiger partial charge in [-0.25, -0.2) is 4.98 Å². The van der Waals surface area contributed by atoms with Gasteiger partial charge in [-0.1, -0.05) is 13.8 Å². The second kappa shape index (κ2) is 6.53. The molecule has 1 saturated heterocycles. The minimum atomic E-state index is 0.611. The second-order valence-corrected chi connectivity index (χ2v) is 5.87. The third kappa shape index (κ3) is 3.37. The van der Waals surface area contributed by atoms with Gasteiger partial charge in [0.25, 0.3) is 0 Å². The topological polar surface area (TPSA) is 33.1 Å². The third-order valence-electron chi connectivity index (χ3n) is 4.62. The maximum absolute atomic E-state index is 4.44. The van der Waals surface area contributed by atoms with Crippen LogP contribution in [0.4, 0.5) is 0 Å². The van der Waals surface area contributed by atoms with Gasteiger partial charge >= 0.3 is 0 Å². The van der Waals surface area contributed by atoms with E-state index in [1.807, 2.05) is 12.4 Å². The summed E-state index contributed by atoms with van der Waals surface area (Å²) in [7, 11) is 2.08. The third-order valence-corrected chi connectivity index (χ3v) is 4.62. The lowest BCUT2D eigenvalue weighted by molar-refractivity contribution is 0.0755. The van der Waals surface area contributed by atoms with Crippen LogP contribution < -0.4 is 5.32 Å². The van der Waals surface area contributed by atoms with Crippen molar-refractivity contribution in [2.45, 2.75) is 52.2 Å². The summed E-state index contributed by atoms with van der Waals surface area (Å²) in [5.74, 6) is 1.86. The van der Waals surface area contributed by atoms with Gasteiger partial charge in [-0.05, 0) is 32.2 Å². The van der Waals surface area contributed by atoms with Gasteiger partial charge in [0.15, 0.2) is 0 Å². The summed E-state index contributed by atoms with van der Waals surface area (Å²) >= 11 is 0. The van der Waals surface area contributed by atoms with Crippen LogP contribution in [0.1, 0.15) is 39.4 Å². The van der Waals surface area contributed by atoms with Crippen LogP contribution in [0.5, 0.6) is 0 Å². The van der Waals surface area contributed by atoms with Crippen molar-refractivity contribution in [3.05, 3.63) is 18.2 Å².